The van der Waals surface area contributed by atoms with Crippen LogP contribution < -0.4 is 0 Å². The van der Waals surface area contributed by atoms with Gasteiger partial charge in [0.2, 0.25) is 0 Å². The second-order valence-corrected chi connectivity index (χ2v) is 6.14. The molecule has 0 saturated heterocycles. The Morgan fingerprint density at radius 2 is 1.67 bits per heavy atom. The Bertz CT molecular complexity index is 82.6. The summed E-state index contributed by atoms with van der Waals surface area (Å²) in [5.41, 5.74) is 0. The van der Waals surface area contributed by atoms with E-state index in [1.54, 1.807) is 0 Å². The van der Waals surface area contributed by atoms with E-state index >= 15 is 0 Å². The predicted molar refractivity (Wildman–Crippen MR) is 43.1 cm³/mol. The molecule has 1 fully saturated rings. The van der Waals surface area contributed by atoms with Crippen LogP contribution in [0.4, 0.5) is 0 Å². The molecule has 0 radical (unpaired) electrons. The van der Waals surface area contributed by atoms with Gasteiger partial charge in [0.15, 0.2) is 0 Å². The zero-order chi connectivity index (χ0) is 6.74. The largest absolute Gasteiger partial charge is 0.369 e. The topological polar surface area (TPSA) is 0 Å². The van der Waals surface area contributed by atoms with Crippen molar-refractivity contribution in [2.24, 2.45) is 0 Å². The summed E-state index contributed by atoms with van der Waals surface area (Å²) in [5, 5.41) is 2.46. The Balaban J connectivity index is 2.37. The van der Waals surface area contributed by atoms with Gasteiger partial charge in [-0.3, -0.25) is 0 Å². The number of rotatable bonds is 1. The van der Waals surface area contributed by atoms with Gasteiger partial charge in [0.25, 0.3) is 0 Å². The molecule has 1 aliphatic rings. The summed E-state index contributed by atoms with van der Waals surface area (Å²) in [7, 11) is 0. The van der Waals surface area contributed by atoms with Crippen molar-refractivity contribution in [2.75, 3.05) is 0 Å². The number of hydrogen-bond donors (Lipinski definition) is 0. The molecule has 0 aromatic heterocycles. The van der Waals surface area contributed by atoms with E-state index in [9.17, 15) is 0 Å². The van der Waals surface area contributed by atoms with Crippen molar-refractivity contribution in [3.05, 3.63) is 0 Å². The van der Waals surface area contributed by atoms with Gasteiger partial charge in [-0.05, 0) is 0 Å². The highest BCUT2D eigenvalue weighted by atomic mass is 24.5. The third-order valence-corrected chi connectivity index (χ3v) is 5.33. The van der Waals surface area contributed by atoms with Crippen LogP contribution in [0.25, 0.3) is 0 Å². The average Bonchev–Trinajstić information content (AvgIpc) is 1.90. The lowest BCUT2D eigenvalue weighted by atomic mass is 9.89. The van der Waals surface area contributed by atoms with Crippen molar-refractivity contribution in [1.82, 2.24) is 0 Å². The number of hydrogen-bond acceptors (Lipinski definition) is 0. The molecule has 0 nitrogen and oxygen atoms in total. The van der Waals surface area contributed by atoms with Crippen LogP contribution in [0.5, 0.6) is 0 Å². The first-order valence-corrected chi connectivity index (χ1v) is 6.39. The molecular formula is C8H16Mg. The Morgan fingerprint density at radius 3 is 2.00 bits per heavy atom. The average molecular weight is 137 g/mol. The van der Waals surface area contributed by atoms with Crippen LogP contribution in [0.15, 0.2) is 0 Å². The van der Waals surface area contributed by atoms with Crippen LogP contribution in [0.1, 0.15) is 39.0 Å². The van der Waals surface area contributed by atoms with E-state index in [2.05, 4.69) is 12.0 Å². The lowest BCUT2D eigenvalue weighted by Crippen LogP contribution is -2.17. The van der Waals surface area contributed by atoms with E-state index in [4.69, 9.17) is 0 Å². The minimum absolute atomic E-state index is 0.272. The fourth-order valence-electron chi connectivity index (χ4n) is 1.76. The Labute approximate surface area is 68.1 Å². The molecule has 0 aromatic carbocycles. The molecular weight excluding hydrogens is 120 g/mol. The van der Waals surface area contributed by atoms with E-state index in [1.807, 2.05) is 0 Å². The van der Waals surface area contributed by atoms with Crippen molar-refractivity contribution >= 4 is 20.4 Å². The van der Waals surface area contributed by atoms with Gasteiger partial charge < -0.3 is 0 Å². The molecule has 50 valence electrons. The van der Waals surface area contributed by atoms with E-state index in [0.717, 1.165) is 3.54 Å². The summed E-state index contributed by atoms with van der Waals surface area (Å²) in [6.45, 7) is 2.50. The van der Waals surface area contributed by atoms with Crippen LogP contribution >= 0.6 is 0 Å². The second-order valence-electron chi connectivity index (χ2n) is 3.72. The normalized spacial score (nSPS) is 25.1. The first kappa shape index (κ1) is 7.87. The molecule has 1 saturated carbocycles. The van der Waals surface area contributed by atoms with Gasteiger partial charge in [-0.2, -0.15) is 5.05 Å². The van der Waals surface area contributed by atoms with Crippen molar-refractivity contribution in [2.45, 2.75) is 47.6 Å². The first-order chi connectivity index (χ1) is 4.27. The third-order valence-electron chi connectivity index (χ3n) is 2.91. The maximum atomic E-state index is 2.50. The highest BCUT2D eigenvalue weighted by molar-refractivity contribution is 6.38. The zero-order valence-electron chi connectivity index (χ0n) is 6.74. The Hall–Kier alpha value is 0.766. The van der Waals surface area contributed by atoms with Crippen LogP contribution in [-0.2, 0) is 0 Å². The molecule has 1 heteroatoms. The van der Waals surface area contributed by atoms with Gasteiger partial charge in [-0.15, -0.1) is 3.54 Å². The standard InChI is InChI=1S/C7H13.CH3.Mg/c1-7-5-3-2-4-6-7;;/h2-6H2,1H3;1H3;. The minimum atomic E-state index is 0.272. The summed E-state index contributed by atoms with van der Waals surface area (Å²) in [5.74, 6) is 0. The quantitative estimate of drug-likeness (QED) is 0.486. The van der Waals surface area contributed by atoms with Gasteiger partial charge in [0.05, 0.1) is 0 Å². The monoisotopic (exact) mass is 136 g/mol. The zero-order valence-corrected chi connectivity index (χ0v) is 8.16. The molecule has 0 heterocycles. The van der Waals surface area contributed by atoms with Gasteiger partial charge in [-0.1, -0.05) is 39.0 Å². The molecule has 9 heavy (non-hydrogen) atoms. The molecule has 1 rings (SSSR count). The van der Waals surface area contributed by atoms with Crippen LogP contribution in [0.3, 0.4) is 0 Å². The van der Waals surface area contributed by atoms with Gasteiger partial charge >= 0.3 is 20.4 Å². The molecule has 0 aromatic rings. The SMILES string of the molecule is [CH3][Mg][C]1(C)CCCCC1. The second kappa shape index (κ2) is 3.24. The predicted octanol–water partition coefficient (Wildman–Crippen LogP) is 2.88. The van der Waals surface area contributed by atoms with Gasteiger partial charge in [-0.25, -0.2) is 0 Å². The molecule has 1 aliphatic carbocycles. The van der Waals surface area contributed by atoms with Gasteiger partial charge in [0, 0.05) is 0 Å². The van der Waals surface area contributed by atoms with Crippen LogP contribution in [0, 0.1) is 0 Å². The smallest absolute Gasteiger partial charge is 0.156 e. The van der Waals surface area contributed by atoms with E-state index in [0.29, 0.717) is 0 Å². The molecule has 0 N–H and O–H groups in total. The minimum Gasteiger partial charge on any atom is -0.156 e. The van der Waals surface area contributed by atoms with E-state index in [1.165, 1.54) is 32.1 Å². The van der Waals surface area contributed by atoms with Gasteiger partial charge in [0.1, 0.15) is 0 Å². The molecule has 0 aliphatic heterocycles. The molecule has 0 spiro atoms. The van der Waals surface area contributed by atoms with Crippen molar-refractivity contribution < 1.29 is 0 Å². The highest BCUT2D eigenvalue weighted by Crippen LogP contribution is 2.40. The summed E-state index contributed by atoms with van der Waals surface area (Å²) < 4.78 is 0.859. The summed E-state index contributed by atoms with van der Waals surface area (Å²) in [6.07, 6.45) is 7.60. The van der Waals surface area contributed by atoms with Crippen LogP contribution in [0.2, 0.25) is 8.60 Å². The first-order valence-electron chi connectivity index (χ1n) is 4.27. The lowest BCUT2D eigenvalue weighted by Gasteiger charge is -2.32. The summed E-state index contributed by atoms with van der Waals surface area (Å²) in [6, 6.07) is 0. The van der Waals surface area contributed by atoms with E-state index in [-0.39, 0.29) is 20.4 Å². The summed E-state index contributed by atoms with van der Waals surface area (Å²) >= 11 is 0.272. The molecule has 0 amide bonds. The molecule has 0 atom stereocenters. The lowest BCUT2D eigenvalue weighted by molar-refractivity contribution is 0.400. The molecule has 0 unspecified atom stereocenters. The van der Waals surface area contributed by atoms with Crippen LogP contribution in [-0.4, -0.2) is 20.4 Å². The Morgan fingerprint density at radius 1 is 1.11 bits per heavy atom. The van der Waals surface area contributed by atoms with Crippen molar-refractivity contribution in [1.29, 1.82) is 0 Å². The maximum absolute atomic E-state index is 2.50. The van der Waals surface area contributed by atoms with Crippen molar-refractivity contribution in [3.63, 3.8) is 0 Å². The summed E-state index contributed by atoms with van der Waals surface area (Å²) in [4.78, 5) is 0. The highest BCUT2D eigenvalue weighted by Gasteiger charge is 2.24. The maximum Gasteiger partial charge on any atom is 0.369 e. The Kier molecular flexibility index (Phi) is 2.84. The van der Waals surface area contributed by atoms with E-state index < -0.39 is 0 Å². The fraction of sp³-hybridized carbons (Fsp3) is 1.00. The third kappa shape index (κ3) is 2.12. The van der Waals surface area contributed by atoms with Crippen molar-refractivity contribution in [3.8, 4) is 0 Å². The fourth-order valence-corrected chi connectivity index (χ4v) is 2.97. The molecule has 0 bridgehead atoms.